The van der Waals surface area contributed by atoms with Crippen molar-refractivity contribution < 1.29 is 19.0 Å². The lowest BCUT2D eigenvalue weighted by Crippen LogP contribution is -2.42. The Morgan fingerprint density at radius 2 is 1.89 bits per heavy atom. The monoisotopic (exact) mass is 268 g/mol. The highest BCUT2D eigenvalue weighted by molar-refractivity contribution is 5.70. The van der Waals surface area contributed by atoms with Crippen molar-refractivity contribution in [2.75, 3.05) is 19.6 Å². The summed E-state index contributed by atoms with van der Waals surface area (Å²) in [6, 6.07) is 5.27. The second-order valence-electron chi connectivity index (χ2n) is 4.20. The van der Waals surface area contributed by atoms with Crippen LogP contribution in [0.5, 0.6) is 5.75 Å². The van der Waals surface area contributed by atoms with Crippen molar-refractivity contribution in [3.63, 3.8) is 0 Å². The van der Waals surface area contributed by atoms with Gasteiger partial charge in [0.2, 0.25) is 0 Å². The molecule has 0 amide bonds. The molecule has 0 fully saturated rings. The lowest BCUT2D eigenvalue weighted by Gasteiger charge is -2.24. The minimum absolute atomic E-state index is 0.329. The van der Waals surface area contributed by atoms with Crippen molar-refractivity contribution in [3.8, 4) is 5.75 Å². The largest absolute Gasteiger partial charge is 0.546 e. The maximum absolute atomic E-state index is 12.7. The van der Waals surface area contributed by atoms with E-state index >= 15 is 0 Å². The van der Waals surface area contributed by atoms with Crippen LogP contribution in [0, 0.1) is 5.82 Å². The van der Waals surface area contributed by atoms with Crippen molar-refractivity contribution in [1.82, 2.24) is 4.90 Å². The maximum atomic E-state index is 12.7. The fourth-order valence-electron chi connectivity index (χ4n) is 1.74. The first-order valence-electron chi connectivity index (χ1n) is 6.42. The van der Waals surface area contributed by atoms with E-state index in [1.165, 1.54) is 24.3 Å². The van der Waals surface area contributed by atoms with E-state index in [2.05, 4.69) is 4.90 Å². The predicted octanol–water partition coefficient (Wildman–Crippen LogP) is 1.05. The minimum atomic E-state index is -1.25. The molecule has 0 radical (unpaired) electrons. The van der Waals surface area contributed by atoms with E-state index in [9.17, 15) is 14.3 Å². The first-order valence-corrected chi connectivity index (χ1v) is 6.42. The van der Waals surface area contributed by atoms with Gasteiger partial charge in [-0.15, -0.1) is 0 Å². The smallest absolute Gasteiger partial charge is 0.139 e. The molecule has 1 aromatic carbocycles. The number of carbonyl (C=O) groups is 1. The molecule has 1 atom stereocenters. The highest BCUT2D eigenvalue weighted by Crippen LogP contribution is 2.14. The Morgan fingerprint density at radius 3 is 2.37 bits per heavy atom. The SMILES string of the molecule is CCN(CC)CCC(Oc1ccc(F)cc1)C(=O)[O-]. The van der Waals surface area contributed by atoms with E-state index in [-0.39, 0.29) is 5.82 Å². The van der Waals surface area contributed by atoms with Crippen LogP contribution in [0.3, 0.4) is 0 Å². The quantitative estimate of drug-likeness (QED) is 0.707. The summed E-state index contributed by atoms with van der Waals surface area (Å²) >= 11 is 0. The summed E-state index contributed by atoms with van der Waals surface area (Å²) in [4.78, 5) is 13.1. The Kier molecular flexibility index (Phi) is 6.29. The van der Waals surface area contributed by atoms with Gasteiger partial charge >= 0.3 is 0 Å². The number of hydrogen-bond acceptors (Lipinski definition) is 4. The van der Waals surface area contributed by atoms with Crippen molar-refractivity contribution in [2.24, 2.45) is 0 Å². The number of ether oxygens (including phenoxy) is 1. The first-order chi connectivity index (χ1) is 9.06. The van der Waals surface area contributed by atoms with Gasteiger partial charge in [-0.3, -0.25) is 0 Å². The van der Waals surface area contributed by atoms with E-state index in [0.717, 1.165) is 13.1 Å². The molecule has 0 saturated carbocycles. The molecule has 106 valence electrons. The first kappa shape index (κ1) is 15.4. The second-order valence-corrected chi connectivity index (χ2v) is 4.20. The molecular formula is C14H19FNO3-. The Bertz CT molecular complexity index is 390. The number of nitrogens with zero attached hydrogens (tertiary/aromatic N) is 1. The second kappa shape index (κ2) is 7.74. The summed E-state index contributed by atoms with van der Waals surface area (Å²) in [7, 11) is 0. The van der Waals surface area contributed by atoms with Gasteiger partial charge in [-0.1, -0.05) is 13.8 Å². The molecule has 0 aliphatic carbocycles. The highest BCUT2D eigenvalue weighted by Gasteiger charge is 2.13. The van der Waals surface area contributed by atoms with Crippen molar-refractivity contribution >= 4 is 5.97 Å². The zero-order chi connectivity index (χ0) is 14.3. The summed E-state index contributed by atoms with van der Waals surface area (Å²) in [6.45, 7) is 6.35. The number of carbonyl (C=O) groups excluding carboxylic acids is 1. The van der Waals surface area contributed by atoms with Gasteiger partial charge in [0.1, 0.15) is 17.7 Å². The summed E-state index contributed by atoms with van der Waals surface area (Å²) < 4.78 is 18.1. The molecule has 0 saturated heterocycles. The van der Waals surface area contributed by atoms with Crippen molar-refractivity contribution in [2.45, 2.75) is 26.4 Å². The molecule has 0 heterocycles. The van der Waals surface area contributed by atoms with Gasteiger partial charge in [-0.25, -0.2) is 4.39 Å². The number of benzene rings is 1. The van der Waals surface area contributed by atoms with E-state index in [4.69, 9.17) is 4.74 Å². The number of aliphatic carboxylic acids is 1. The fourth-order valence-corrected chi connectivity index (χ4v) is 1.74. The lowest BCUT2D eigenvalue weighted by atomic mass is 10.2. The summed E-state index contributed by atoms with van der Waals surface area (Å²) in [6.07, 6.45) is -0.687. The zero-order valence-corrected chi connectivity index (χ0v) is 11.3. The third-order valence-corrected chi connectivity index (χ3v) is 2.96. The van der Waals surface area contributed by atoms with E-state index < -0.39 is 12.1 Å². The van der Waals surface area contributed by atoms with Crippen molar-refractivity contribution in [1.29, 1.82) is 0 Å². The zero-order valence-electron chi connectivity index (χ0n) is 11.3. The molecule has 19 heavy (non-hydrogen) atoms. The molecule has 0 spiro atoms. The Morgan fingerprint density at radius 1 is 1.32 bits per heavy atom. The van der Waals surface area contributed by atoms with Crippen LogP contribution < -0.4 is 9.84 Å². The van der Waals surface area contributed by atoms with E-state index in [1.807, 2.05) is 13.8 Å². The third-order valence-electron chi connectivity index (χ3n) is 2.96. The molecule has 0 N–H and O–H groups in total. The van der Waals surface area contributed by atoms with Crippen LogP contribution in [-0.4, -0.2) is 36.6 Å². The Hall–Kier alpha value is -1.62. The molecule has 0 aliphatic heterocycles. The van der Waals surface area contributed by atoms with Crippen LogP contribution in [-0.2, 0) is 4.79 Å². The molecule has 0 aliphatic rings. The van der Waals surface area contributed by atoms with Gasteiger partial charge < -0.3 is 19.5 Å². The van der Waals surface area contributed by atoms with Gasteiger partial charge in [0.25, 0.3) is 0 Å². The van der Waals surface area contributed by atoms with Gasteiger partial charge in [0.15, 0.2) is 0 Å². The van der Waals surface area contributed by atoms with Gasteiger partial charge in [0.05, 0.1) is 5.97 Å². The van der Waals surface area contributed by atoms with Crippen LogP contribution in [0.2, 0.25) is 0 Å². The number of rotatable bonds is 8. The Labute approximate surface area is 112 Å². The maximum Gasteiger partial charge on any atom is 0.139 e. The fraction of sp³-hybridized carbons (Fsp3) is 0.500. The number of carboxylic acids is 1. The van der Waals surface area contributed by atoms with Crippen LogP contribution in [0.15, 0.2) is 24.3 Å². The number of hydrogen-bond donors (Lipinski definition) is 0. The molecule has 5 heteroatoms. The lowest BCUT2D eigenvalue weighted by molar-refractivity contribution is -0.313. The average Bonchev–Trinajstić information content (AvgIpc) is 2.40. The Balaban J connectivity index is 2.58. The van der Waals surface area contributed by atoms with E-state index in [1.54, 1.807) is 0 Å². The van der Waals surface area contributed by atoms with E-state index in [0.29, 0.717) is 18.7 Å². The summed E-state index contributed by atoms with van der Waals surface area (Å²) in [5, 5.41) is 11.0. The van der Waals surface area contributed by atoms with Gasteiger partial charge in [-0.2, -0.15) is 0 Å². The molecule has 1 rings (SSSR count). The molecule has 1 aromatic rings. The molecule has 0 bridgehead atoms. The summed E-state index contributed by atoms with van der Waals surface area (Å²) in [5.41, 5.74) is 0. The third kappa shape index (κ3) is 5.26. The van der Waals surface area contributed by atoms with Crippen molar-refractivity contribution in [3.05, 3.63) is 30.1 Å². The topological polar surface area (TPSA) is 52.6 Å². The average molecular weight is 268 g/mol. The minimum Gasteiger partial charge on any atom is -0.546 e. The van der Waals surface area contributed by atoms with Crippen LogP contribution in [0.25, 0.3) is 0 Å². The normalized spacial score (nSPS) is 12.4. The van der Waals surface area contributed by atoms with Crippen LogP contribution in [0.1, 0.15) is 20.3 Å². The highest BCUT2D eigenvalue weighted by atomic mass is 19.1. The number of halogens is 1. The standard InChI is InChI=1S/C14H20FNO3/c1-3-16(4-2)10-9-13(14(17)18)19-12-7-5-11(15)6-8-12/h5-8,13H,3-4,9-10H2,1-2H3,(H,17,18)/p-1. The van der Waals surface area contributed by atoms with Crippen LogP contribution >= 0.6 is 0 Å². The van der Waals surface area contributed by atoms with Crippen LogP contribution in [0.4, 0.5) is 4.39 Å². The predicted molar refractivity (Wildman–Crippen MR) is 68.2 cm³/mol. The molecular weight excluding hydrogens is 249 g/mol. The molecule has 4 nitrogen and oxygen atoms in total. The summed E-state index contributed by atoms with van der Waals surface area (Å²) in [5.74, 6) is -1.31. The van der Waals surface area contributed by atoms with Gasteiger partial charge in [-0.05, 0) is 37.4 Å². The van der Waals surface area contributed by atoms with Gasteiger partial charge in [0, 0.05) is 13.0 Å². The molecule has 1 unspecified atom stereocenters. The number of carboxylic acid groups (broad SMARTS) is 1. The molecule has 0 aromatic heterocycles.